The molecule has 1 fully saturated rings. The maximum atomic E-state index is 12.6. The number of carbonyl (C=O) groups excluding carboxylic acids is 2. The lowest BCUT2D eigenvalue weighted by atomic mass is 10.2. The van der Waals surface area contributed by atoms with E-state index >= 15 is 0 Å². The number of nitrogens with one attached hydrogen (secondary N) is 1. The topological polar surface area (TPSA) is 61.9 Å². The van der Waals surface area contributed by atoms with Gasteiger partial charge in [0.15, 0.2) is 0 Å². The van der Waals surface area contributed by atoms with Crippen LogP contribution in [0.1, 0.15) is 10.4 Å². The van der Waals surface area contributed by atoms with Gasteiger partial charge in [-0.05, 0) is 24.3 Å². The highest BCUT2D eigenvalue weighted by Crippen LogP contribution is 2.26. The van der Waals surface area contributed by atoms with Crippen molar-refractivity contribution in [2.24, 2.45) is 0 Å². The van der Waals surface area contributed by atoms with Crippen LogP contribution in [-0.4, -0.2) is 50.2 Å². The predicted octanol–water partition coefficient (Wildman–Crippen LogP) is 3.48. The number of ether oxygens (including phenoxy) is 1. The summed E-state index contributed by atoms with van der Waals surface area (Å²) in [6, 6.07) is 14.2. The van der Waals surface area contributed by atoms with Crippen molar-refractivity contribution in [3.05, 3.63) is 59.1 Å². The van der Waals surface area contributed by atoms with E-state index in [9.17, 15) is 9.59 Å². The van der Waals surface area contributed by atoms with E-state index in [2.05, 4.69) is 10.2 Å². The molecule has 2 amide bonds. The lowest BCUT2D eigenvalue weighted by Gasteiger charge is -2.36. The van der Waals surface area contributed by atoms with Crippen LogP contribution in [0.5, 0.6) is 0 Å². The van der Waals surface area contributed by atoms with E-state index in [1.807, 2.05) is 24.3 Å². The molecule has 0 aliphatic carbocycles. The van der Waals surface area contributed by atoms with E-state index in [-0.39, 0.29) is 6.03 Å². The molecule has 1 aliphatic rings. The molecule has 2 aromatic rings. The molecule has 1 aliphatic heterocycles. The van der Waals surface area contributed by atoms with Crippen molar-refractivity contribution in [1.29, 1.82) is 0 Å². The Bertz CT molecular complexity index is 804. The van der Waals surface area contributed by atoms with Crippen molar-refractivity contribution in [2.45, 2.75) is 0 Å². The van der Waals surface area contributed by atoms with Gasteiger partial charge in [-0.15, -0.1) is 0 Å². The fourth-order valence-corrected chi connectivity index (χ4v) is 3.19. The number of urea groups is 1. The van der Waals surface area contributed by atoms with Gasteiger partial charge in [0.25, 0.3) is 0 Å². The summed E-state index contributed by atoms with van der Waals surface area (Å²) in [7, 11) is 1.31. The van der Waals surface area contributed by atoms with Crippen molar-refractivity contribution < 1.29 is 14.3 Å². The predicted molar refractivity (Wildman–Crippen MR) is 102 cm³/mol. The number of amides is 2. The van der Waals surface area contributed by atoms with Gasteiger partial charge < -0.3 is 19.9 Å². The molecule has 1 heterocycles. The summed E-state index contributed by atoms with van der Waals surface area (Å²) in [5, 5.41) is 3.51. The van der Waals surface area contributed by atoms with Crippen LogP contribution in [-0.2, 0) is 4.74 Å². The highest BCUT2D eigenvalue weighted by atomic mass is 35.5. The number of methoxy groups -OCH3 is 1. The van der Waals surface area contributed by atoms with Gasteiger partial charge in [-0.25, -0.2) is 9.59 Å². The second-order valence-electron chi connectivity index (χ2n) is 5.89. The lowest BCUT2D eigenvalue weighted by molar-refractivity contribution is 0.0602. The van der Waals surface area contributed by atoms with Crippen LogP contribution in [0, 0.1) is 0 Å². The van der Waals surface area contributed by atoms with E-state index in [4.69, 9.17) is 16.3 Å². The quantitative estimate of drug-likeness (QED) is 0.837. The van der Waals surface area contributed by atoms with E-state index < -0.39 is 5.97 Å². The Kier molecular flexibility index (Phi) is 5.63. The van der Waals surface area contributed by atoms with Crippen LogP contribution in [0.2, 0.25) is 5.02 Å². The number of hydrogen-bond acceptors (Lipinski definition) is 4. The summed E-state index contributed by atoms with van der Waals surface area (Å²) in [4.78, 5) is 28.3. The average Bonchev–Trinajstić information content (AvgIpc) is 2.68. The zero-order valence-corrected chi connectivity index (χ0v) is 15.2. The van der Waals surface area contributed by atoms with Crippen LogP contribution in [0.4, 0.5) is 16.2 Å². The number of halogens is 1. The normalized spacial score (nSPS) is 14.1. The Balaban J connectivity index is 1.63. The molecule has 6 nitrogen and oxygen atoms in total. The summed E-state index contributed by atoms with van der Waals surface area (Å²) < 4.78 is 4.76. The molecule has 136 valence electrons. The Morgan fingerprint density at radius 1 is 1.00 bits per heavy atom. The van der Waals surface area contributed by atoms with Gasteiger partial charge in [0, 0.05) is 26.2 Å². The first-order valence-corrected chi connectivity index (χ1v) is 8.70. The molecule has 0 aromatic heterocycles. The SMILES string of the molecule is COC(=O)c1ccccc1NC(=O)N1CCN(c2ccccc2Cl)CC1. The molecule has 1 saturated heterocycles. The second-order valence-corrected chi connectivity index (χ2v) is 6.30. The minimum absolute atomic E-state index is 0.236. The van der Waals surface area contributed by atoms with Crippen LogP contribution in [0.15, 0.2) is 48.5 Å². The third-order valence-corrected chi connectivity index (χ3v) is 4.65. The monoisotopic (exact) mass is 373 g/mol. The first-order chi connectivity index (χ1) is 12.6. The number of hydrogen-bond donors (Lipinski definition) is 1. The molecule has 0 spiro atoms. The first-order valence-electron chi connectivity index (χ1n) is 8.33. The largest absolute Gasteiger partial charge is 0.465 e. The van der Waals surface area contributed by atoms with E-state index in [1.54, 1.807) is 29.2 Å². The molecular formula is C19H20ClN3O3. The minimum atomic E-state index is -0.482. The highest BCUT2D eigenvalue weighted by Gasteiger charge is 2.23. The highest BCUT2D eigenvalue weighted by molar-refractivity contribution is 6.33. The van der Waals surface area contributed by atoms with E-state index in [0.29, 0.717) is 42.5 Å². The molecule has 1 N–H and O–H groups in total. The van der Waals surface area contributed by atoms with Crippen molar-refractivity contribution in [1.82, 2.24) is 4.90 Å². The zero-order chi connectivity index (χ0) is 18.5. The van der Waals surface area contributed by atoms with E-state index in [0.717, 1.165) is 5.69 Å². The van der Waals surface area contributed by atoms with Gasteiger partial charge in [0.05, 0.1) is 29.1 Å². The molecule has 0 saturated carbocycles. The number of anilines is 2. The summed E-state index contributed by atoms with van der Waals surface area (Å²) in [5.74, 6) is -0.482. The number of para-hydroxylation sites is 2. The lowest BCUT2D eigenvalue weighted by Crippen LogP contribution is -2.50. The van der Waals surface area contributed by atoms with Crippen LogP contribution >= 0.6 is 11.6 Å². The van der Waals surface area contributed by atoms with Crippen molar-refractivity contribution >= 4 is 35.0 Å². The third-order valence-electron chi connectivity index (χ3n) is 4.33. The summed E-state index contributed by atoms with van der Waals surface area (Å²) in [5.41, 5.74) is 1.75. The fraction of sp³-hybridized carbons (Fsp3) is 0.263. The Morgan fingerprint density at radius 3 is 2.35 bits per heavy atom. The van der Waals surface area contributed by atoms with Crippen LogP contribution in [0.25, 0.3) is 0 Å². The minimum Gasteiger partial charge on any atom is -0.465 e. The molecule has 0 unspecified atom stereocenters. The molecule has 2 aromatic carbocycles. The van der Waals surface area contributed by atoms with Crippen molar-refractivity contribution in [3.63, 3.8) is 0 Å². The van der Waals surface area contributed by atoms with Gasteiger partial charge >= 0.3 is 12.0 Å². The van der Waals surface area contributed by atoms with Gasteiger partial charge in [0.1, 0.15) is 0 Å². The van der Waals surface area contributed by atoms with Gasteiger partial charge in [-0.3, -0.25) is 0 Å². The Labute approximate surface area is 157 Å². The number of carbonyl (C=O) groups is 2. The maximum Gasteiger partial charge on any atom is 0.339 e. The number of nitrogens with zero attached hydrogens (tertiary/aromatic N) is 2. The van der Waals surface area contributed by atoms with Gasteiger partial charge in [0.2, 0.25) is 0 Å². The number of esters is 1. The molecule has 7 heteroatoms. The Hall–Kier alpha value is -2.73. The summed E-state index contributed by atoms with van der Waals surface area (Å²) in [6.45, 7) is 2.51. The standard InChI is InChI=1S/C19H20ClN3O3/c1-26-18(24)14-6-2-4-8-16(14)21-19(25)23-12-10-22(11-13-23)17-9-5-3-7-15(17)20/h2-9H,10-13H2,1H3,(H,21,25). The van der Waals surface area contributed by atoms with Crippen LogP contribution < -0.4 is 10.2 Å². The van der Waals surface area contributed by atoms with Gasteiger partial charge in [-0.1, -0.05) is 35.9 Å². The van der Waals surface area contributed by atoms with Crippen molar-refractivity contribution in [3.8, 4) is 0 Å². The van der Waals surface area contributed by atoms with Gasteiger partial charge in [-0.2, -0.15) is 0 Å². The fourth-order valence-electron chi connectivity index (χ4n) is 2.93. The summed E-state index contributed by atoms with van der Waals surface area (Å²) in [6.07, 6.45) is 0. The molecular weight excluding hydrogens is 354 g/mol. The number of benzene rings is 2. The average molecular weight is 374 g/mol. The third kappa shape index (κ3) is 3.91. The smallest absolute Gasteiger partial charge is 0.339 e. The number of rotatable bonds is 3. The first kappa shape index (κ1) is 18.1. The molecule has 0 atom stereocenters. The number of piperazine rings is 1. The molecule has 0 radical (unpaired) electrons. The molecule has 26 heavy (non-hydrogen) atoms. The van der Waals surface area contributed by atoms with Crippen LogP contribution in [0.3, 0.4) is 0 Å². The molecule has 3 rings (SSSR count). The van der Waals surface area contributed by atoms with Crippen molar-refractivity contribution in [2.75, 3.05) is 43.5 Å². The van der Waals surface area contributed by atoms with E-state index in [1.165, 1.54) is 7.11 Å². The zero-order valence-electron chi connectivity index (χ0n) is 14.4. The second kappa shape index (κ2) is 8.10. The Morgan fingerprint density at radius 2 is 1.65 bits per heavy atom. The molecule has 0 bridgehead atoms. The maximum absolute atomic E-state index is 12.6. The summed E-state index contributed by atoms with van der Waals surface area (Å²) >= 11 is 6.25.